The maximum atomic E-state index is 12.4. The zero-order chi connectivity index (χ0) is 14.4. The van der Waals surface area contributed by atoms with E-state index in [0.717, 1.165) is 23.3 Å². The van der Waals surface area contributed by atoms with Gasteiger partial charge in [0.05, 0.1) is 0 Å². The van der Waals surface area contributed by atoms with E-state index in [1.807, 2.05) is 30.3 Å². The molecule has 112 valence electrons. The number of hydrogen-bond acceptors (Lipinski definition) is 1. The number of rotatable bonds is 3. The largest absolute Gasteiger partial charge is 0.349 e. The first kappa shape index (κ1) is 13.4. The Balaban J connectivity index is 1.50. The summed E-state index contributed by atoms with van der Waals surface area (Å²) in [4.78, 5) is 12.4. The lowest BCUT2D eigenvalue weighted by atomic mass is 9.48. The van der Waals surface area contributed by atoms with Gasteiger partial charge in [0.2, 0.25) is 0 Å². The van der Waals surface area contributed by atoms with Gasteiger partial charge >= 0.3 is 0 Å². The summed E-state index contributed by atoms with van der Waals surface area (Å²) < 4.78 is 0. The predicted molar refractivity (Wildman–Crippen MR) is 84.0 cm³/mol. The Kier molecular flexibility index (Phi) is 3.09. The van der Waals surface area contributed by atoms with E-state index in [-0.39, 0.29) is 5.91 Å². The highest BCUT2D eigenvalue weighted by molar-refractivity contribution is 5.94. The van der Waals surface area contributed by atoms with E-state index in [9.17, 15) is 4.79 Å². The van der Waals surface area contributed by atoms with Gasteiger partial charge in [-0.1, -0.05) is 18.2 Å². The van der Waals surface area contributed by atoms with Crippen molar-refractivity contribution in [3.8, 4) is 0 Å². The van der Waals surface area contributed by atoms with E-state index < -0.39 is 0 Å². The molecule has 2 nitrogen and oxygen atoms in total. The number of carbonyl (C=O) groups excluding carboxylic acids is 1. The molecule has 1 N–H and O–H groups in total. The van der Waals surface area contributed by atoms with Crippen LogP contribution in [-0.2, 0) is 0 Å². The lowest BCUT2D eigenvalue weighted by molar-refractivity contribution is -0.0688. The number of benzene rings is 1. The highest BCUT2D eigenvalue weighted by Gasteiger charge is 2.53. The normalized spacial score (nSPS) is 38.2. The van der Waals surface area contributed by atoms with Crippen LogP contribution < -0.4 is 5.32 Å². The molecule has 0 aliphatic heterocycles. The van der Waals surface area contributed by atoms with Gasteiger partial charge in [-0.2, -0.15) is 0 Å². The minimum atomic E-state index is 0.0962. The van der Waals surface area contributed by atoms with E-state index in [2.05, 4.69) is 12.2 Å². The SMILES string of the molecule is C[C@H](NC(=O)c1ccccc1)C12CC3CC(CC(C3)C1)C2. The molecule has 4 bridgehead atoms. The van der Waals surface area contributed by atoms with Crippen LogP contribution in [0, 0.1) is 23.2 Å². The lowest BCUT2D eigenvalue weighted by Crippen LogP contribution is -2.55. The molecular weight excluding hydrogens is 258 g/mol. The topological polar surface area (TPSA) is 29.1 Å². The molecule has 4 aliphatic carbocycles. The van der Waals surface area contributed by atoms with Gasteiger partial charge in [-0.15, -0.1) is 0 Å². The van der Waals surface area contributed by atoms with Crippen molar-refractivity contribution >= 4 is 5.91 Å². The van der Waals surface area contributed by atoms with Crippen LogP contribution in [0.5, 0.6) is 0 Å². The van der Waals surface area contributed by atoms with Crippen LogP contribution >= 0.6 is 0 Å². The van der Waals surface area contributed by atoms with Gasteiger partial charge in [-0.3, -0.25) is 4.79 Å². The van der Waals surface area contributed by atoms with Crippen LogP contribution in [0.4, 0.5) is 0 Å². The molecule has 0 saturated heterocycles. The van der Waals surface area contributed by atoms with Crippen LogP contribution in [-0.4, -0.2) is 11.9 Å². The van der Waals surface area contributed by atoms with E-state index in [1.54, 1.807) is 0 Å². The average molecular weight is 283 g/mol. The Hall–Kier alpha value is -1.31. The highest BCUT2D eigenvalue weighted by Crippen LogP contribution is 2.61. The van der Waals surface area contributed by atoms with Crippen LogP contribution in [0.15, 0.2) is 30.3 Å². The fourth-order valence-corrected chi connectivity index (χ4v) is 5.73. The molecule has 0 unspecified atom stereocenters. The Morgan fingerprint density at radius 1 is 1.05 bits per heavy atom. The maximum Gasteiger partial charge on any atom is 0.251 e. The summed E-state index contributed by atoms with van der Waals surface area (Å²) in [5, 5.41) is 3.31. The van der Waals surface area contributed by atoms with Gasteiger partial charge in [0.1, 0.15) is 0 Å². The monoisotopic (exact) mass is 283 g/mol. The molecule has 5 rings (SSSR count). The van der Waals surface area contributed by atoms with Crippen molar-refractivity contribution in [1.29, 1.82) is 0 Å². The Labute approximate surface area is 127 Å². The van der Waals surface area contributed by atoms with Crippen molar-refractivity contribution < 1.29 is 4.79 Å². The zero-order valence-electron chi connectivity index (χ0n) is 12.8. The molecule has 0 spiro atoms. The fourth-order valence-electron chi connectivity index (χ4n) is 5.73. The molecule has 1 aromatic rings. The molecule has 2 heteroatoms. The summed E-state index contributed by atoms with van der Waals surface area (Å²) in [6, 6.07) is 9.94. The van der Waals surface area contributed by atoms with Gasteiger partial charge in [0, 0.05) is 11.6 Å². The van der Waals surface area contributed by atoms with Gasteiger partial charge in [0.25, 0.3) is 5.91 Å². The van der Waals surface area contributed by atoms with Crippen molar-refractivity contribution in [2.75, 3.05) is 0 Å². The van der Waals surface area contributed by atoms with E-state index >= 15 is 0 Å². The van der Waals surface area contributed by atoms with Crippen molar-refractivity contribution in [3.63, 3.8) is 0 Å². The maximum absolute atomic E-state index is 12.4. The Morgan fingerprint density at radius 2 is 1.57 bits per heavy atom. The van der Waals surface area contributed by atoms with Crippen molar-refractivity contribution in [1.82, 2.24) is 5.32 Å². The molecule has 0 heterocycles. The first-order valence-corrected chi connectivity index (χ1v) is 8.50. The number of amides is 1. The minimum absolute atomic E-state index is 0.0962. The summed E-state index contributed by atoms with van der Waals surface area (Å²) in [5.41, 5.74) is 1.17. The van der Waals surface area contributed by atoms with Crippen LogP contribution in [0.1, 0.15) is 55.8 Å². The Morgan fingerprint density at radius 3 is 2.10 bits per heavy atom. The van der Waals surface area contributed by atoms with Gasteiger partial charge in [0.15, 0.2) is 0 Å². The number of carbonyl (C=O) groups is 1. The smallest absolute Gasteiger partial charge is 0.251 e. The minimum Gasteiger partial charge on any atom is -0.349 e. The summed E-state index contributed by atoms with van der Waals surface area (Å²) in [6.45, 7) is 2.24. The van der Waals surface area contributed by atoms with Crippen molar-refractivity contribution in [2.24, 2.45) is 23.2 Å². The molecule has 1 aromatic carbocycles. The standard InChI is InChI=1S/C19H25NO/c1-13(20-18(21)17-5-3-2-4-6-17)19-10-14-7-15(11-19)9-16(8-14)12-19/h2-6,13-16H,7-12H2,1H3,(H,20,21)/t13-,14?,15?,16?,19?/m0/s1. The van der Waals surface area contributed by atoms with Crippen molar-refractivity contribution in [2.45, 2.75) is 51.5 Å². The molecular formula is C19H25NO. The van der Waals surface area contributed by atoms with E-state index in [4.69, 9.17) is 0 Å². The quantitative estimate of drug-likeness (QED) is 0.892. The number of nitrogens with one attached hydrogen (secondary N) is 1. The second-order valence-corrected chi connectivity index (χ2v) is 7.84. The van der Waals surface area contributed by atoms with Gasteiger partial charge in [-0.05, 0) is 80.8 Å². The zero-order valence-corrected chi connectivity index (χ0v) is 12.8. The van der Waals surface area contributed by atoms with E-state index in [0.29, 0.717) is 11.5 Å². The third kappa shape index (κ3) is 2.29. The number of hydrogen-bond donors (Lipinski definition) is 1. The van der Waals surface area contributed by atoms with Gasteiger partial charge in [-0.25, -0.2) is 0 Å². The Bertz CT molecular complexity index is 500. The summed E-state index contributed by atoms with van der Waals surface area (Å²) in [7, 11) is 0. The highest BCUT2D eigenvalue weighted by atomic mass is 16.1. The third-order valence-electron chi connectivity index (χ3n) is 6.39. The third-order valence-corrected chi connectivity index (χ3v) is 6.39. The van der Waals surface area contributed by atoms with Crippen LogP contribution in [0.2, 0.25) is 0 Å². The molecule has 1 amide bonds. The summed E-state index contributed by atoms with van der Waals surface area (Å²) in [6.07, 6.45) is 8.40. The lowest BCUT2D eigenvalue weighted by Gasteiger charge is -2.59. The summed E-state index contributed by atoms with van der Waals surface area (Å²) in [5.74, 6) is 2.91. The molecule has 0 radical (unpaired) electrons. The molecule has 4 saturated carbocycles. The first-order valence-electron chi connectivity index (χ1n) is 8.50. The first-order chi connectivity index (χ1) is 10.1. The molecule has 0 aromatic heterocycles. The molecule has 21 heavy (non-hydrogen) atoms. The van der Waals surface area contributed by atoms with Crippen LogP contribution in [0.3, 0.4) is 0 Å². The molecule has 4 fully saturated rings. The van der Waals surface area contributed by atoms with Crippen LogP contribution in [0.25, 0.3) is 0 Å². The second-order valence-electron chi connectivity index (χ2n) is 7.84. The molecule has 1 atom stereocenters. The second kappa shape index (κ2) is 4.86. The van der Waals surface area contributed by atoms with E-state index in [1.165, 1.54) is 38.5 Å². The predicted octanol–water partition coefficient (Wildman–Crippen LogP) is 4.02. The average Bonchev–Trinajstić information content (AvgIpc) is 2.46. The summed E-state index contributed by atoms with van der Waals surface area (Å²) >= 11 is 0. The van der Waals surface area contributed by atoms with Crippen molar-refractivity contribution in [3.05, 3.63) is 35.9 Å². The molecule has 4 aliphatic rings. The fraction of sp³-hybridized carbons (Fsp3) is 0.632. The van der Waals surface area contributed by atoms with Gasteiger partial charge < -0.3 is 5.32 Å².